The van der Waals surface area contributed by atoms with Gasteiger partial charge in [0.15, 0.2) is 0 Å². The van der Waals surface area contributed by atoms with Gasteiger partial charge in [0, 0.05) is 6.42 Å². The summed E-state index contributed by atoms with van der Waals surface area (Å²) in [6, 6.07) is 20.1. The molecule has 2 aromatic carbocycles. The molecule has 0 fully saturated rings. The van der Waals surface area contributed by atoms with Crippen molar-refractivity contribution in [3.05, 3.63) is 71.8 Å². The largest absolute Gasteiger partial charge is 0.372 e. The number of rotatable bonds is 7. The van der Waals surface area contributed by atoms with Crippen LogP contribution in [-0.4, -0.2) is 15.1 Å². The van der Waals surface area contributed by atoms with E-state index in [1.54, 1.807) is 0 Å². The van der Waals surface area contributed by atoms with E-state index in [1.165, 1.54) is 0 Å². The second-order valence-electron chi connectivity index (χ2n) is 5.88. The van der Waals surface area contributed by atoms with Gasteiger partial charge in [-0.3, -0.25) is 5.14 Å². The molecule has 0 saturated heterocycles. The fraction of sp³-hybridized carbons (Fsp3) is 0.333. The van der Waals surface area contributed by atoms with Crippen LogP contribution in [0, 0.1) is 0 Å². The van der Waals surface area contributed by atoms with Gasteiger partial charge in [-0.05, 0) is 25.0 Å². The standard InChI is InChI=1S/C18H23NO2S/c1-18(2,22(19)20)17(13-15-9-5-3-6-10-15)21-14-16-11-7-4-8-12-16/h3-12,17H,13-14,19H2,1-2H3. The van der Waals surface area contributed by atoms with Crippen LogP contribution in [0.4, 0.5) is 0 Å². The molecule has 0 aromatic heterocycles. The van der Waals surface area contributed by atoms with Crippen molar-refractivity contribution < 1.29 is 8.95 Å². The van der Waals surface area contributed by atoms with E-state index in [0.717, 1.165) is 11.1 Å². The lowest BCUT2D eigenvalue weighted by atomic mass is 9.98. The highest BCUT2D eigenvalue weighted by Gasteiger charge is 2.35. The Labute approximate surface area is 135 Å². The van der Waals surface area contributed by atoms with E-state index < -0.39 is 15.7 Å². The van der Waals surface area contributed by atoms with Crippen LogP contribution >= 0.6 is 0 Å². The van der Waals surface area contributed by atoms with Crippen LogP contribution < -0.4 is 5.14 Å². The lowest BCUT2D eigenvalue weighted by Gasteiger charge is -2.32. The topological polar surface area (TPSA) is 52.3 Å². The van der Waals surface area contributed by atoms with Gasteiger partial charge in [-0.2, -0.15) is 0 Å². The average Bonchev–Trinajstić information content (AvgIpc) is 2.53. The molecule has 2 unspecified atom stereocenters. The molecule has 0 aliphatic heterocycles. The fourth-order valence-corrected chi connectivity index (χ4v) is 2.64. The van der Waals surface area contributed by atoms with Crippen LogP contribution in [0.3, 0.4) is 0 Å². The van der Waals surface area contributed by atoms with Gasteiger partial charge in [0.05, 0.1) is 28.4 Å². The highest BCUT2D eigenvalue weighted by molar-refractivity contribution is 7.84. The first-order chi connectivity index (χ1) is 10.5. The molecule has 0 aliphatic rings. The zero-order chi connectivity index (χ0) is 16.0. The molecule has 2 N–H and O–H groups in total. The van der Waals surface area contributed by atoms with Crippen LogP contribution in [-0.2, 0) is 28.8 Å². The summed E-state index contributed by atoms with van der Waals surface area (Å²) in [7, 11) is -1.46. The highest BCUT2D eigenvalue weighted by atomic mass is 32.2. The van der Waals surface area contributed by atoms with Crippen molar-refractivity contribution in [2.45, 2.75) is 37.7 Å². The van der Waals surface area contributed by atoms with E-state index in [2.05, 4.69) is 0 Å². The number of ether oxygens (including phenoxy) is 1. The Bertz CT molecular complexity index is 599. The Hall–Kier alpha value is -1.49. The predicted octanol–water partition coefficient (Wildman–Crippen LogP) is 3.22. The summed E-state index contributed by atoms with van der Waals surface area (Å²) in [4.78, 5) is 0. The summed E-state index contributed by atoms with van der Waals surface area (Å²) in [5.41, 5.74) is 2.25. The van der Waals surface area contributed by atoms with Gasteiger partial charge in [0.1, 0.15) is 0 Å². The molecular weight excluding hydrogens is 294 g/mol. The molecule has 2 rings (SSSR count). The molecule has 0 heterocycles. The van der Waals surface area contributed by atoms with Gasteiger partial charge in [-0.25, -0.2) is 4.21 Å². The number of hydrogen-bond donors (Lipinski definition) is 1. The van der Waals surface area contributed by atoms with Crippen LogP contribution in [0.5, 0.6) is 0 Å². The summed E-state index contributed by atoms with van der Waals surface area (Å²) < 4.78 is 17.4. The van der Waals surface area contributed by atoms with Gasteiger partial charge in [0.25, 0.3) is 0 Å². The van der Waals surface area contributed by atoms with Crippen molar-refractivity contribution >= 4 is 11.0 Å². The second kappa shape index (κ2) is 7.68. The van der Waals surface area contributed by atoms with E-state index >= 15 is 0 Å². The monoisotopic (exact) mass is 317 g/mol. The maximum Gasteiger partial charge on any atom is 0.0972 e. The molecule has 0 radical (unpaired) electrons. The summed E-state index contributed by atoms with van der Waals surface area (Å²) >= 11 is 0. The van der Waals surface area contributed by atoms with Crippen molar-refractivity contribution in [1.29, 1.82) is 0 Å². The lowest BCUT2D eigenvalue weighted by molar-refractivity contribution is 0.0206. The first kappa shape index (κ1) is 16.9. The molecule has 2 atom stereocenters. The summed E-state index contributed by atoms with van der Waals surface area (Å²) in [6.07, 6.45) is 0.463. The molecule has 0 amide bonds. The van der Waals surface area contributed by atoms with Gasteiger partial charge in [-0.15, -0.1) is 0 Å². The minimum Gasteiger partial charge on any atom is -0.372 e. The molecule has 2 aromatic rings. The number of benzene rings is 2. The van der Waals surface area contributed by atoms with Crippen LogP contribution in [0.2, 0.25) is 0 Å². The highest BCUT2D eigenvalue weighted by Crippen LogP contribution is 2.23. The minimum absolute atomic E-state index is 0.221. The third kappa shape index (κ3) is 4.50. The zero-order valence-electron chi connectivity index (χ0n) is 13.1. The molecule has 0 bridgehead atoms. The Kier molecular flexibility index (Phi) is 5.89. The first-order valence-corrected chi connectivity index (χ1v) is 8.57. The molecule has 0 saturated carbocycles. The van der Waals surface area contributed by atoms with Crippen LogP contribution in [0.15, 0.2) is 60.7 Å². The molecular formula is C18H23NO2S. The molecule has 118 valence electrons. The van der Waals surface area contributed by atoms with E-state index in [9.17, 15) is 4.21 Å². The van der Waals surface area contributed by atoms with Crippen LogP contribution in [0.25, 0.3) is 0 Å². The predicted molar refractivity (Wildman–Crippen MR) is 91.6 cm³/mol. The van der Waals surface area contributed by atoms with E-state index in [4.69, 9.17) is 9.88 Å². The normalized spacial score (nSPS) is 14.5. The number of hydrogen-bond acceptors (Lipinski definition) is 2. The molecule has 0 aliphatic carbocycles. The van der Waals surface area contributed by atoms with Crippen molar-refractivity contribution in [2.24, 2.45) is 5.14 Å². The van der Waals surface area contributed by atoms with E-state index in [0.29, 0.717) is 13.0 Å². The third-order valence-corrected chi connectivity index (χ3v) is 5.15. The van der Waals surface area contributed by atoms with Gasteiger partial charge in [-0.1, -0.05) is 60.7 Å². The maximum atomic E-state index is 11.9. The smallest absolute Gasteiger partial charge is 0.0972 e. The van der Waals surface area contributed by atoms with Gasteiger partial charge < -0.3 is 4.74 Å². The van der Waals surface area contributed by atoms with Crippen molar-refractivity contribution in [2.75, 3.05) is 0 Å². The second-order valence-corrected chi connectivity index (χ2v) is 7.52. The van der Waals surface area contributed by atoms with Gasteiger partial charge in [0.2, 0.25) is 0 Å². The summed E-state index contributed by atoms with van der Waals surface area (Å²) in [5, 5.41) is 5.69. The fourth-order valence-electron chi connectivity index (χ4n) is 2.23. The van der Waals surface area contributed by atoms with Crippen molar-refractivity contribution in [1.82, 2.24) is 0 Å². The van der Waals surface area contributed by atoms with Crippen LogP contribution in [0.1, 0.15) is 25.0 Å². The lowest BCUT2D eigenvalue weighted by Crippen LogP contribution is -2.46. The Morgan fingerprint density at radius 3 is 2.00 bits per heavy atom. The SMILES string of the molecule is CC(C)(C(Cc1ccccc1)OCc1ccccc1)S(N)=O. The Balaban J connectivity index is 2.13. The summed E-state index contributed by atoms with van der Waals surface area (Å²) in [5.74, 6) is 0. The van der Waals surface area contributed by atoms with Crippen molar-refractivity contribution in [3.63, 3.8) is 0 Å². The molecule has 3 nitrogen and oxygen atoms in total. The van der Waals surface area contributed by atoms with E-state index in [-0.39, 0.29) is 6.10 Å². The quantitative estimate of drug-likeness (QED) is 0.852. The number of nitrogens with two attached hydrogens (primary N) is 1. The third-order valence-electron chi connectivity index (χ3n) is 3.85. The molecule has 4 heteroatoms. The van der Waals surface area contributed by atoms with Gasteiger partial charge >= 0.3 is 0 Å². The summed E-state index contributed by atoms with van der Waals surface area (Å²) in [6.45, 7) is 4.27. The Morgan fingerprint density at radius 1 is 1.00 bits per heavy atom. The molecule has 0 spiro atoms. The average molecular weight is 317 g/mol. The van der Waals surface area contributed by atoms with Crippen molar-refractivity contribution in [3.8, 4) is 0 Å². The molecule has 22 heavy (non-hydrogen) atoms. The van der Waals surface area contributed by atoms with E-state index in [1.807, 2.05) is 74.5 Å². The minimum atomic E-state index is -1.46. The Morgan fingerprint density at radius 2 is 1.50 bits per heavy atom. The maximum absolute atomic E-state index is 11.9. The zero-order valence-corrected chi connectivity index (χ0v) is 13.9. The first-order valence-electron chi connectivity index (χ1n) is 7.36.